The third kappa shape index (κ3) is 1.78. The summed E-state index contributed by atoms with van der Waals surface area (Å²) in [7, 11) is 0. The first-order valence-corrected chi connectivity index (χ1v) is 9.43. The summed E-state index contributed by atoms with van der Waals surface area (Å²) in [6.07, 6.45) is 3.49. The lowest BCUT2D eigenvalue weighted by atomic mass is 9.62. The second-order valence-electron chi connectivity index (χ2n) is 8.82. The van der Waals surface area contributed by atoms with Crippen molar-refractivity contribution in [2.24, 2.45) is 53.3 Å². The van der Waals surface area contributed by atoms with Gasteiger partial charge in [0.05, 0.1) is 12.5 Å². The molecule has 0 aromatic carbocycles. The van der Waals surface area contributed by atoms with E-state index in [0.29, 0.717) is 18.9 Å². The Morgan fingerprint density at radius 3 is 2.48 bits per heavy atom. The molecular formula is C19H26O4. The second-order valence-corrected chi connectivity index (χ2v) is 8.82. The molecule has 1 heterocycles. The van der Waals surface area contributed by atoms with E-state index in [1.807, 2.05) is 0 Å². The van der Waals surface area contributed by atoms with Gasteiger partial charge in [-0.3, -0.25) is 4.79 Å². The average Bonchev–Trinajstić information content (AvgIpc) is 3.28. The van der Waals surface area contributed by atoms with Crippen LogP contribution in [0.1, 0.15) is 39.5 Å². The summed E-state index contributed by atoms with van der Waals surface area (Å²) in [5.74, 6) is 5.80. The highest BCUT2D eigenvalue weighted by Gasteiger charge is 2.66. The predicted molar refractivity (Wildman–Crippen MR) is 82.1 cm³/mol. The Kier molecular flexibility index (Phi) is 2.94. The summed E-state index contributed by atoms with van der Waals surface area (Å²) in [4.78, 5) is 24.2. The van der Waals surface area contributed by atoms with Crippen molar-refractivity contribution in [3.8, 4) is 0 Å². The fourth-order valence-electron chi connectivity index (χ4n) is 7.31. The van der Waals surface area contributed by atoms with Crippen molar-refractivity contribution in [2.75, 3.05) is 6.61 Å². The van der Waals surface area contributed by atoms with Crippen molar-refractivity contribution >= 4 is 11.9 Å². The van der Waals surface area contributed by atoms with Crippen molar-refractivity contribution in [2.45, 2.75) is 45.6 Å². The summed E-state index contributed by atoms with van der Waals surface area (Å²) in [5, 5.41) is 0. The van der Waals surface area contributed by atoms with Crippen LogP contribution in [0.15, 0.2) is 0 Å². The average molecular weight is 318 g/mol. The number of hydrogen-bond donors (Lipinski definition) is 0. The standard InChI is InChI=1S/C19H26O4/c1-8-9(2)12-7-11(8)16-10-5-13(17(12)16)14(6-10)18(20)23-15-3-4-22-19(15)21/h8-17H,3-7H2,1-2H3. The molecular weight excluding hydrogens is 292 g/mol. The van der Waals surface area contributed by atoms with E-state index in [4.69, 9.17) is 9.47 Å². The molecule has 4 saturated carbocycles. The lowest BCUT2D eigenvalue weighted by molar-refractivity contribution is -0.166. The summed E-state index contributed by atoms with van der Waals surface area (Å²) < 4.78 is 10.4. The van der Waals surface area contributed by atoms with E-state index in [1.54, 1.807) is 0 Å². The maximum Gasteiger partial charge on any atom is 0.347 e. The molecule has 10 atom stereocenters. The van der Waals surface area contributed by atoms with Crippen molar-refractivity contribution in [1.29, 1.82) is 0 Å². The first-order valence-electron chi connectivity index (χ1n) is 9.43. The highest BCUT2D eigenvalue weighted by atomic mass is 16.6. The number of cyclic esters (lactones) is 1. The van der Waals surface area contributed by atoms with Gasteiger partial charge in [-0.05, 0) is 66.6 Å². The Hall–Kier alpha value is -1.06. The number of ether oxygens (including phenoxy) is 2. The minimum atomic E-state index is -0.642. The van der Waals surface area contributed by atoms with Gasteiger partial charge < -0.3 is 9.47 Å². The highest BCUT2D eigenvalue weighted by Crippen LogP contribution is 2.71. The molecule has 23 heavy (non-hydrogen) atoms. The van der Waals surface area contributed by atoms with Crippen LogP contribution >= 0.6 is 0 Å². The Morgan fingerprint density at radius 2 is 1.78 bits per heavy atom. The number of carbonyl (C=O) groups is 2. The molecule has 0 N–H and O–H groups in total. The molecule has 5 aliphatic rings. The largest absolute Gasteiger partial charge is 0.463 e. The maximum absolute atomic E-state index is 12.6. The highest BCUT2D eigenvalue weighted by molar-refractivity contribution is 5.81. The second kappa shape index (κ2) is 4.73. The third-order valence-corrected chi connectivity index (χ3v) is 8.29. The van der Waals surface area contributed by atoms with Gasteiger partial charge in [-0.15, -0.1) is 0 Å². The van der Waals surface area contributed by atoms with E-state index in [2.05, 4.69) is 13.8 Å². The topological polar surface area (TPSA) is 52.6 Å². The molecule has 4 aliphatic carbocycles. The Balaban J connectivity index is 1.33. The lowest BCUT2D eigenvalue weighted by Gasteiger charge is -2.43. The molecule has 4 bridgehead atoms. The number of hydrogen-bond acceptors (Lipinski definition) is 4. The van der Waals surface area contributed by atoms with E-state index < -0.39 is 6.10 Å². The van der Waals surface area contributed by atoms with E-state index in [0.717, 1.165) is 47.8 Å². The smallest absolute Gasteiger partial charge is 0.347 e. The van der Waals surface area contributed by atoms with E-state index in [-0.39, 0.29) is 17.9 Å². The molecule has 5 rings (SSSR count). The summed E-state index contributed by atoms with van der Waals surface area (Å²) >= 11 is 0. The molecule has 0 radical (unpaired) electrons. The van der Waals surface area contributed by atoms with E-state index in [9.17, 15) is 9.59 Å². The van der Waals surface area contributed by atoms with Crippen LogP contribution in [0.5, 0.6) is 0 Å². The number of fused-ring (bicyclic) bond motifs is 9. The van der Waals surface area contributed by atoms with Crippen LogP contribution in [0.3, 0.4) is 0 Å². The van der Waals surface area contributed by atoms with Gasteiger partial charge in [-0.25, -0.2) is 4.79 Å². The van der Waals surface area contributed by atoms with Crippen LogP contribution in [0, 0.1) is 53.3 Å². The molecule has 0 spiro atoms. The third-order valence-electron chi connectivity index (χ3n) is 8.29. The molecule has 0 aromatic heterocycles. The Morgan fingerprint density at radius 1 is 1.04 bits per heavy atom. The van der Waals surface area contributed by atoms with Crippen LogP contribution < -0.4 is 0 Å². The number of rotatable bonds is 2. The van der Waals surface area contributed by atoms with Crippen LogP contribution in [0.25, 0.3) is 0 Å². The molecule has 5 fully saturated rings. The van der Waals surface area contributed by atoms with Crippen molar-refractivity contribution in [3.05, 3.63) is 0 Å². The first-order chi connectivity index (χ1) is 11.1. The molecule has 4 heteroatoms. The van der Waals surface area contributed by atoms with Gasteiger partial charge in [0.1, 0.15) is 0 Å². The van der Waals surface area contributed by atoms with Crippen molar-refractivity contribution in [3.63, 3.8) is 0 Å². The molecule has 126 valence electrons. The quantitative estimate of drug-likeness (QED) is 0.580. The van der Waals surface area contributed by atoms with E-state index >= 15 is 0 Å². The lowest BCUT2D eigenvalue weighted by Crippen LogP contribution is -2.41. The predicted octanol–water partition coefficient (Wildman–Crippen LogP) is 2.66. The summed E-state index contributed by atoms with van der Waals surface area (Å²) in [6, 6.07) is 0. The molecule has 0 aromatic rings. The molecule has 0 amide bonds. The number of esters is 2. The zero-order valence-corrected chi connectivity index (χ0v) is 13.9. The normalized spacial score (nSPS) is 56.0. The van der Waals surface area contributed by atoms with Gasteiger partial charge in [0.2, 0.25) is 6.10 Å². The fourth-order valence-corrected chi connectivity index (χ4v) is 7.31. The Labute approximate surface area is 137 Å². The van der Waals surface area contributed by atoms with Crippen LogP contribution in [0.2, 0.25) is 0 Å². The SMILES string of the molecule is CC1C(C)C2CC1C1C3CC(C(=O)OC4CCOC4=O)C(C3)C21. The zero-order chi connectivity index (χ0) is 15.9. The number of carbonyl (C=O) groups excluding carboxylic acids is 2. The zero-order valence-electron chi connectivity index (χ0n) is 13.9. The van der Waals surface area contributed by atoms with Gasteiger partial charge >= 0.3 is 11.9 Å². The minimum Gasteiger partial charge on any atom is -0.463 e. The Bertz CT molecular complexity index is 558. The summed E-state index contributed by atoms with van der Waals surface area (Å²) in [6.45, 7) is 5.24. The summed E-state index contributed by atoms with van der Waals surface area (Å²) in [5.41, 5.74) is 0. The van der Waals surface area contributed by atoms with Crippen molar-refractivity contribution in [1.82, 2.24) is 0 Å². The van der Waals surface area contributed by atoms with E-state index in [1.165, 1.54) is 12.8 Å². The minimum absolute atomic E-state index is 0.0384. The maximum atomic E-state index is 12.6. The van der Waals surface area contributed by atoms with Gasteiger partial charge in [0.15, 0.2) is 0 Å². The van der Waals surface area contributed by atoms with Crippen LogP contribution in [0.4, 0.5) is 0 Å². The molecule has 1 saturated heterocycles. The van der Waals surface area contributed by atoms with Crippen LogP contribution in [-0.2, 0) is 19.1 Å². The monoisotopic (exact) mass is 318 g/mol. The molecule has 1 aliphatic heterocycles. The van der Waals surface area contributed by atoms with Gasteiger partial charge in [-0.2, -0.15) is 0 Å². The van der Waals surface area contributed by atoms with Gasteiger partial charge in [0.25, 0.3) is 0 Å². The van der Waals surface area contributed by atoms with Crippen molar-refractivity contribution < 1.29 is 19.1 Å². The van der Waals surface area contributed by atoms with Gasteiger partial charge in [0, 0.05) is 6.42 Å². The van der Waals surface area contributed by atoms with Crippen LogP contribution in [-0.4, -0.2) is 24.6 Å². The first kappa shape index (κ1) is 14.3. The fraction of sp³-hybridized carbons (Fsp3) is 0.895. The van der Waals surface area contributed by atoms with Gasteiger partial charge in [-0.1, -0.05) is 13.8 Å². The molecule has 10 unspecified atom stereocenters. The molecule has 4 nitrogen and oxygen atoms in total.